The lowest BCUT2D eigenvalue weighted by Gasteiger charge is -2.15. The van der Waals surface area contributed by atoms with E-state index in [1.807, 2.05) is 31.2 Å². The summed E-state index contributed by atoms with van der Waals surface area (Å²) in [6, 6.07) is 0. The zero-order chi connectivity index (χ0) is 13.9. The number of aliphatic imine (C=N–C) groups is 3. The molecule has 3 rings (SSSR count). The van der Waals surface area contributed by atoms with Gasteiger partial charge in [-0.15, -0.1) is 0 Å². The number of aromatic nitrogens is 2. The number of allylic oxidation sites excluding steroid dienone is 1. The van der Waals surface area contributed by atoms with Crippen LogP contribution in [0, 0.1) is 5.92 Å². The normalized spacial score (nSPS) is 26.5. The number of nitrogens with zero attached hydrogens (tertiary/aromatic N) is 4. The van der Waals surface area contributed by atoms with Crippen molar-refractivity contribution >= 4 is 28.7 Å². The Morgan fingerprint density at radius 3 is 3.10 bits per heavy atom. The summed E-state index contributed by atoms with van der Waals surface area (Å²) in [5.41, 5.74) is 1.96. The summed E-state index contributed by atoms with van der Waals surface area (Å²) in [6.07, 6.45) is 10.9. The molecule has 1 aromatic heterocycles. The predicted molar refractivity (Wildman–Crippen MR) is 85.1 cm³/mol. The van der Waals surface area contributed by atoms with E-state index < -0.39 is 0 Å². The van der Waals surface area contributed by atoms with Crippen molar-refractivity contribution in [3.8, 4) is 0 Å². The van der Waals surface area contributed by atoms with Gasteiger partial charge in [0.15, 0.2) is 6.17 Å². The van der Waals surface area contributed by atoms with Crippen molar-refractivity contribution in [1.82, 2.24) is 10.2 Å². The Labute approximate surface area is 122 Å². The number of fused-ring (bicyclic) bond motifs is 1. The molecular weight excluding hydrogens is 270 g/mol. The van der Waals surface area contributed by atoms with Crippen LogP contribution in [0.25, 0.3) is 0 Å². The molecule has 0 bridgehead atoms. The maximum absolute atomic E-state index is 4.78. The van der Waals surface area contributed by atoms with Crippen LogP contribution in [0.2, 0.25) is 0 Å². The van der Waals surface area contributed by atoms with Crippen molar-refractivity contribution < 1.29 is 0 Å². The zero-order valence-corrected chi connectivity index (χ0v) is 12.3. The first kappa shape index (κ1) is 13.3. The Morgan fingerprint density at radius 2 is 2.40 bits per heavy atom. The maximum atomic E-state index is 4.78. The first-order chi connectivity index (χ1) is 9.81. The number of rotatable bonds is 4. The molecule has 20 heavy (non-hydrogen) atoms. The second-order valence-electron chi connectivity index (χ2n) is 4.75. The third kappa shape index (κ3) is 2.47. The van der Waals surface area contributed by atoms with Gasteiger partial charge in [-0.3, -0.25) is 15.1 Å². The largest absolute Gasteiger partial charge is 0.300 e. The number of aromatic amines is 1. The molecular formula is C14H17N5S. The lowest BCUT2D eigenvalue weighted by atomic mass is 10.1. The van der Waals surface area contributed by atoms with E-state index in [1.165, 1.54) is 0 Å². The van der Waals surface area contributed by atoms with Gasteiger partial charge in [0, 0.05) is 30.9 Å². The second-order valence-corrected chi connectivity index (χ2v) is 5.94. The average Bonchev–Trinajstić information content (AvgIpc) is 3.12. The van der Waals surface area contributed by atoms with Crippen LogP contribution < -0.4 is 0 Å². The van der Waals surface area contributed by atoms with E-state index in [0.717, 1.165) is 22.7 Å². The van der Waals surface area contributed by atoms with Crippen LogP contribution in [0.4, 0.5) is 0 Å². The van der Waals surface area contributed by atoms with Crippen LogP contribution in [-0.4, -0.2) is 45.6 Å². The van der Waals surface area contributed by atoms with Crippen molar-refractivity contribution in [3.05, 3.63) is 30.1 Å². The number of dihydropyridines is 1. The molecule has 0 spiro atoms. The third-order valence-electron chi connectivity index (χ3n) is 3.41. The number of nitrogens with one attached hydrogen (secondary N) is 1. The van der Waals surface area contributed by atoms with E-state index in [0.29, 0.717) is 11.2 Å². The first-order valence-corrected chi connectivity index (χ1v) is 7.61. The van der Waals surface area contributed by atoms with Gasteiger partial charge in [-0.1, -0.05) is 24.8 Å². The molecule has 0 radical (unpaired) electrons. The van der Waals surface area contributed by atoms with Gasteiger partial charge >= 0.3 is 0 Å². The maximum Gasteiger partial charge on any atom is 0.156 e. The van der Waals surface area contributed by atoms with Gasteiger partial charge in [-0.2, -0.15) is 5.10 Å². The molecule has 0 amide bonds. The van der Waals surface area contributed by atoms with Crippen molar-refractivity contribution in [3.63, 3.8) is 0 Å². The highest BCUT2D eigenvalue weighted by atomic mass is 32.2. The molecule has 0 aromatic carbocycles. The van der Waals surface area contributed by atoms with Crippen LogP contribution in [0.5, 0.6) is 0 Å². The monoisotopic (exact) mass is 287 g/mol. The highest BCUT2D eigenvalue weighted by Crippen LogP contribution is 2.35. The highest BCUT2D eigenvalue weighted by Gasteiger charge is 2.32. The number of H-pyrrole nitrogens is 1. The molecule has 3 atom stereocenters. The minimum absolute atomic E-state index is 0.00999. The fourth-order valence-corrected chi connectivity index (χ4v) is 3.57. The van der Waals surface area contributed by atoms with Gasteiger partial charge < -0.3 is 4.99 Å². The Morgan fingerprint density at radius 1 is 1.50 bits per heavy atom. The Kier molecular flexibility index (Phi) is 3.82. The van der Waals surface area contributed by atoms with Crippen molar-refractivity contribution in [1.29, 1.82) is 0 Å². The van der Waals surface area contributed by atoms with Crippen molar-refractivity contribution in [2.24, 2.45) is 20.9 Å². The summed E-state index contributed by atoms with van der Waals surface area (Å²) in [6.45, 7) is 2.16. The molecule has 2 unspecified atom stereocenters. The molecule has 1 aromatic rings. The Bertz CT molecular complexity index is 585. The molecule has 3 heterocycles. The Balaban J connectivity index is 1.83. The summed E-state index contributed by atoms with van der Waals surface area (Å²) in [7, 11) is 1.81. The number of thioether (sulfide) groups is 1. The van der Waals surface area contributed by atoms with E-state index in [-0.39, 0.29) is 6.17 Å². The lowest BCUT2D eigenvalue weighted by molar-refractivity contribution is 0.740. The van der Waals surface area contributed by atoms with Crippen molar-refractivity contribution in [2.75, 3.05) is 7.05 Å². The fraction of sp³-hybridized carbons (Fsp3) is 0.429. The second kappa shape index (κ2) is 5.75. The summed E-state index contributed by atoms with van der Waals surface area (Å²) in [4.78, 5) is 13.6. The molecule has 2 aliphatic rings. The van der Waals surface area contributed by atoms with E-state index in [9.17, 15) is 0 Å². The number of hydrogen-bond donors (Lipinski definition) is 1. The van der Waals surface area contributed by atoms with Gasteiger partial charge in [0.1, 0.15) is 0 Å². The highest BCUT2D eigenvalue weighted by molar-refractivity contribution is 8.15. The van der Waals surface area contributed by atoms with Crippen LogP contribution in [0.1, 0.15) is 18.9 Å². The van der Waals surface area contributed by atoms with E-state index in [4.69, 9.17) is 9.98 Å². The van der Waals surface area contributed by atoms with E-state index in [2.05, 4.69) is 34.3 Å². The van der Waals surface area contributed by atoms with Crippen molar-refractivity contribution in [2.45, 2.75) is 24.8 Å². The first-order valence-electron chi connectivity index (χ1n) is 6.73. The number of hydrogen-bond acceptors (Lipinski definition) is 5. The Hall–Kier alpha value is -1.69. The molecule has 5 nitrogen and oxygen atoms in total. The van der Waals surface area contributed by atoms with Gasteiger partial charge in [0.2, 0.25) is 0 Å². The molecule has 2 aliphatic heterocycles. The molecule has 0 aliphatic carbocycles. The van der Waals surface area contributed by atoms with Crippen LogP contribution in [0.15, 0.2) is 39.5 Å². The summed E-state index contributed by atoms with van der Waals surface area (Å²) in [5, 5.41) is 8.25. The smallest absolute Gasteiger partial charge is 0.156 e. The van der Waals surface area contributed by atoms with Gasteiger partial charge in [-0.05, 0) is 12.5 Å². The van der Waals surface area contributed by atoms with E-state index >= 15 is 0 Å². The predicted octanol–water partition coefficient (Wildman–Crippen LogP) is 2.34. The van der Waals surface area contributed by atoms with Gasteiger partial charge in [0.25, 0.3) is 0 Å². The minimum atomic E-state index is -0.00999. The standard InChI is InChI=1S/C14H17N5S/c1-3-9(6-15-2)14-19-13-12(20-14)5-4-11(18-13)10-7-16-17-8-10/h4-9,12-13H,3H2,1-2H3,(H,16,17)/t9?,12?,13-/m0/s1. The topological polar surface area (TPSA) is 65.8 Å². The molecule has 1 N–H and O–H groups in total. The molecule has 104 valence electrons. The molecule has 0 fully saturated rings. The lowest BCUT2D eigenvalue weighted by Crippen LogP contribution is -2.19. The van der Waals surface area contributed by atoms with Crippen LogP contribution in [-0.2, 0) is 0 Å². The van der Waals surface area contributed by atoms with E-state index in [1.54, 1.807) is 6.20 Å². The summed E-state index contributed by atoms with van der Waals surface area (Å²) >= 11 is 1.81. The van der Waals surface area contributed by atoms with Gasteiger partial charge in [-0.25, -0.2) is 0 Å². The average molecular weight is 287 g/mol. The molecule has 0 saturated carbocycles. The van der Waals surface area contributed by atoms with Crippen LogP contribution >= 0.6 is 11.8 Å². The SMILES string of the molecule is CCC(C=NC)C1=N[C@@H]2N=C(c3cn[nH]c3)C=CC2S1. The summed E-state index contributed by atoms with van der Waals surface area (Å²) in [5.74, 6) is 0.316. The zero-order valence-electron chi connectivity index (χ0n) is 11.5. The van der Waals surface area contributed by atoms with Crippen LogP contribution in [0.3, 0.4) is 0 Å². The summed E-state index contributed by atoms with van der Waals surface area (Å²) < 4.78 is 0. The quantitative estimate of drug-likeness (QED) is 0.864. The minimum Gasteiger partial charge on any atom is -0.300 e. The van der Waals surface area contributed by atoms with Gasteiger partial charge in [0.05, 0.1) is 22.2 Å². The molecule has 0 saturated heterocycles. The third-order valence-corrected chi connectivity index (χ3v) is 4.73. The fourth-order valence-electron chi connectivity index (χ4n) is 2.32. The molecule has 6 heteroatoms.